The maximum atomic E-state index is 12.8. The van der Waals surface area contributed by atoms with E-state index in [1.165, 1.54) is 35.9 Å². The zero-order valence-corrected chi connectivity index (χ0v) is 17.1. The molecule has 0 atom stereocenters. The van der Waals surface area contributed by atoms with Crippen molar-refractivity contribution in [3.63, 3.8) is 0 Å². The topological polar surface area (TPSA) is 109 Å². The van der Waals surface area contributed by atoms with Gasteiger partial charge in [0.15, 0.2) is 0 Å². The number of carbonyl (C=O) groups is 2. The fourth-order valence-electron chi connectivity index (χ4n) is 3.06. The highest BCUT2D eigenvalue weighted by Crippen LogP contribution is 2.20. The van der Waals surface area contributed by atoms with Crippen LogP contribution >= 0.6 is 0 Å². The summed E-state index contributed by atoms with van der Waals surface area (Å²) >= 11 is 0. The summed E-state index contributed by atoms with van der Waals surface area (Å²) in [6, 6.07) is 7.73. The molecule has 10 heteroatoms. The van der Waals surface area contributed by atoms with Gasteiger partial charge in [0.05, 0.1) is 30.4 Å². The molecule has 1 N–H and O–H groups in total. The average Bonchev–Trinajstić information content (AvgIpc) is 3.17. The van der Waals surface area contributed by atoms with Gasteiger partial charge in [-0.1, -0.05) is 0 Å². The van der Waals surface area contributed by atoms with Gasteiger partial charge in [0, 0.05) is 26.2 Å². The summed E-state index contributed by atoms with van der Waals surface area (Å²) in [5.74, 6) is 0.408. The summed E-state index contributed by atoms with van der Waals surface area (Å²) in [6.45, 7) is 2.40. The lowest BCUT2D eigenvalue weighted by Crippen LogP contribution is -2.52. The van der Waals surface area contributed by atoms with Gasteiger partial charge in [-0.05, 0) is 37.3 Å². The molecule has 2 amide bonds. The fourth-order valence-corrected chi connectivity index (χ4v) is 4.48. The monoisotopic (exact) mass is 421 g/mol. The second kappa shape index (κ2) is 8.66. The highest BCUT2D eigenvalue weighted by atomic mass is 32.2. The van der Waals surface area contributed by atoms with E-state index in [2.05, 4.69) is 5.32 Å². The predicted octanol–water partition coefficient (Wildman–Crippen LogP) is 0.860. The molecule has 1 aliphatic rings. The molecule has 156 valence electrons. The fraction of sp³-hybridized carbons (Fsp3) is 0.368. The van der Waals surface area contributed by atoms with Crippen molar-refractivity contribution in [3.8, 4) is 5.75 Å². The number of amides is 2. The van der Waals surface area contributed by atoms with Crippen LogP contribution in [0.2, 0.25) is 0 Å². The number of hydrogen-bond donors (Lipinski definition) is 1. The molecule has 1 fully saturated rings. The molecule has 0 unspecified atom stereocenters. The number of nitrogens with zero attached hydrogens (tertiary/aromatic N) is 2. The van der Waals surface area contributed by atoms with E-state index in [4.69, 9.17) is 9.15 Å². The third-order valence-corrected chi connectivity index (χ3v) is 6.71. The van der Waals surface area contributed by atoms with Crippen molar-refractivity contribution in [1.82, 2.24) is 14.5 Å². The van der Waals surface area contributed by atoms with Crippen LogP contribution < -0.4 is 10.1 Å². The molecule has 0 aliphatic carbocycles. The van der Waals surface area contributed by atoms with Crippen LogP contribution in [0.25, 0.3) is 0 Å². The molecule has 0 spiro atoms. The molecule has 3 rings (SSSR count). The molecule has 1 aliphatic heterocycles. The summed E-state index contributed by atoms with van der Waals surface area (Å²) in [4.78, 5) is 26.1. The molecule has 2 aromatic rings. The van der Waals surface area contributed by atoms with Crippen LogP contribution in [0.4, 0.5) is 0 Å². The first-order chi connectivity index (χ1) is 13.8. The molecule has 0 saturated carbocycles. The second-order valence-electron chi connectivity index (χ2n) is 6.53. The Kier molecular flexibility index (Phi) is 6.23. The average molecular weight is 421 g/mol. The van der Waals surface area contributed by atoms with Gasteiger partial charge >= 0.3 is 0 Å². The first kappa shape index (κ1) is 20.9. The normalized spacial score (nSPS) is 15.2. The number of hydrogen-bond acceptors (Lipinski definition) is 6. The van der Waals surface area contributed by atoms with Gasteiger partial charge in [0.25, 0.3) is 5.91 Å². The third kappa shape index (κ3) is 4.60. The van der Waals surface area contributed by atoms with Crippen molar-refractivity contribution in [2.24, 2.45) is 0 Å². The number of benzene rings is 1. The lowest BCUT2D eigenvalue weighted by atomic mass is 10.2. The number of furan rings is 1. The lowest BCUT2D eigenvalue weighted by Gasteiger charge is -2.34. The maximum absolute atomic E-state index is 12.8. The van der Waals surface area contributed by atoms with E-state index in [0.717, 1.165) is 0 Å². The summed E-state index contributed by atoms with van der Waals surface area (Å²) in [5, 5.41) is 2.57. The van der Waals surface area contributed by atoms with Gasteiger partial charge in [-0.3, -0.25) is 9.59 Å². The quantitative estimate of drug-likeness (QED) is 0.741. The zero-order valence-electron chi connectivity index (χ0n) is 16.3. The van der Waals surface area contributed by atoms with Crippen molar-refractivity contribution in [2.75, 3.05) is 39.8 Å². The number of rotatable bonds is 6. The number of methoxy groups -OCH3 is 1. The Morgan fingerprint density at radius 1 is 1.10 bits per heavy atom. The number of carbonyl (C=O) groups excluding carboxylic acids is 2. The molecule has 1 aromatic carbocycles. The summed E-state index contributed by atoms with van der Waals surface area (Å²) in [5.41, 5.74) is 0.383. The van der Waals surface area contributed by atoms with Crippen LogP contribution in [-0.2, 0) is 14.8 Å². The maximum Gasteiger partial charge on any atom is 0.255 e. The Labute approximate surface area is 169 Å². The Balaban J connectivity index is 1.53. The van der Waals surface area contributed by atoms with Gasteiger partial charge in [-0.2, -0.15) is 4.31 Å². The number of nitrogens with one attached hydrogen (secondary N) is 1. The van der Waals surface area contributed by atoms with E-state index in [0.29, 0.717) is 17.1 Å². The first-order valence-corrected chi connectivity index (χ1v) is 10.5. The van der Waals surface area contributed by atoms with Gasteiger partial charge < -0.3 is 19.4 Å². The smallest absolute Gasteiger partial charge is 0.255 e. The van der Waals surface area contributed by atoms with Crippen molar-refractivity contribution in [3.05, 3.63) is 47.9 Å². The Hall–Kier alpha value is -2.85. The van der Waals surface area contributed by atoms with Crippen LogP contribution in [0.5, 0.6) is 5.75 Å². The van der Waals surface area contributed by atoms with E-state index in [1.807, 2.05) is 0 Å². The molecule has 1 saturated heterocycles. The van der Waals surface area contributed by atoms with E-state index in [9.17, 15) is 18.0 Å². The standard InChI is InChI=1S/C19H23N3O6S/c1-14-17(7-12-28-14)19(24)20-13-18(23)21-8-10-22(11-9-21)29(25,26)16-5-3-15(27-2)4-6-16/h3-7,12H,8-11,13H2,1-2H3,(H,20,24). The molecule has 9 nitrogen and oxygen atoms in total. The van der Waals surface area contributed by atoms with Crippen LogP contribution in [0, 0.1) is 6.92 Å². The van der Waals surface area contributed by atoms with Crippen molar-refractivity contribution < 1.29 is 27.2 Å². The minimum atomic E-state index is -3.64. The van der Waals surface area contributed by atoms with Crippen LogP contribution in [-0.4, -0.2) is 69.3 Å². The zero-order chi connectivity index (χ0) is 21.0. The van der Waals surface area contributed by atoms with Crippen molar-refractivity contribution >= 4 is 21.8 Å². The Bertz CT molecular complexity index is 976. The summed E-state index contributed by atoms with van der Waals surface area (Å²) in [7, 11) is -2.12. The summed E-state index contributed by atoms with van der Waals surface area (Å²) < 4.78 is 37.0. The largest absolute Gasteiger partial charge is 0.497 e. The molecular formula is C19H23N3O6S. The lowest BCUT2D eigenvalue weighted by molar-refractivity contribution is -0.131. The highest BCUT2D eigenvalue weighted by Gasteiger charge is 2.30. The van der Waals surface area contributed by atoms with Gasteiger partial charge in [-0.25, -0.2) is 8.42 Å². The van der Waals surface area contributed by atoms with Gasteiger partial charge in [0.1, 0.15) is 11.5 Å². The van der Waals surface area contributed by atoms with Gasteiger partial charge in [0.2, 0.25) is 15.9 Å². The van der Waals surface area contributed by atoms with Gasteiger partial charge in [-0.15, -0.1) is 0 Å². The molecular weight excluding hydrogens is 398 g/mol. The van der Waals surface area contributed by atoms with Crippen LogP contribution in [0.3, 0.4) is 0 Å². The minimum absolute atomic E-state index is 0.158. The van der Waals surface area contributed by atoms with Crippen molar-refractivity contribution in [1.29, 1.82) is 0 Å². The van der Waals surface area contributed by atoms with E-state index in [1.54, 1.807) is 24.0 Å². The van der Waals surface area contributed by atoms with Crippen LogP contribution in [0.15, 0.2) is 45.9 Å². The first-order valence-electron chi connectivity index (χ1n) is 9.07. The number of aryl methyl sites for hydroxylation is 1. The van der Waals surface area contributed by atoms with E-state index >= 15 is 0 Å². The van der Waals surface area contributed by atoms with Crippen molar-refractivity contribution in [2.45, 2.75) is 11.8 Å². The SMILES string of the molecule is COc1ccc(S(=O)(=O)N2CCN(C(=O)CNC(=O)c3ccoc3C)CC2)cc1. The molecule has 2 heterocycles. The molecule has 1 aromatic heterocycles. The third-order valence-electron chi connectivity index (χ3n) is 4.79. The number of piperazine rings is 1. The summed E-state index contributed by atoms with van der Waals surface area (Å²) in [6.07, 6.45) is 1.41. The number of ether oxygens (including phenoxy) is 1. The second-order valence-corrected chi connectivity index (χ2v) is 8.47. The minimum Gasteiger partial charge on any atom is -0.497 e. The highest BCUT2D eigenvalue weighted by molar-refractivity contribution is 7.89. The van der Waals surface area contributed by atoms with Crippen LogP contribution in [0.1, 0.15) is 16.1 Å². The van der Waals surface area contributed by atoms with E-state index < -0.39 is 10.0 Å². The molecule has 0 radical (unpaired) electrons. The van der Waals surface area contributed by atoms with E-state index in [-0.39, 0.29) is 49.4 Å². The Morgan fingerprint density at radius 3 is 2.31 bits per heavy atom. The molecule has 0 bridgehead atoms. The molecule has 29 heavy (non-hydrogen) atoms. The Morgan fingerprint density at radius 2 is 1.76 bits per heavy atom. The predicted molar refractivity (Wildman–Crippen MR) is 104 cm³/mol. The number of sulfonamides is 1.